The molecule has 0 spiro atoms. The lowest BCUT2D eigenvalue weighted by Gasteiger charge is -2.08. The molecular weight excluding hydrogens is 483 g/mol. The zero-order valence-corrected chi connectivity index (χ0v) is 17.3. The smallest absolute Gasteiger partial charge is 0.347 e. The van der Waals surface area contributed by atoms with E-state index in [2.05, 4.69) is 32.9 Å². The van der Waals surface area contributed by atoms with E-state index in [0.29, 0.717) is 27.9 Å². The van der Waals surface area contributed by atoms with Gasteiger partial charge in [0, 0.05) is 14.8 Å². The second-order valence-electron chi connectivity index (χ2n) is 6.19. The number of ether oxygens (including phenoxy) is 1. The van der Waals surface area contributed by atoms with Gasteiger partial charge in [-0.1, -0.05) is 12.1 Å². The zero-order valence-electron chi connectivity index (χ0n) is 15.1. The fourth-order valence-electron chi connectivity index (χ4n) is 2.72. The summed E-state index contributed by atoms with van der Waals surface area (Å²) in [6.07, 6.45) is 0. The number of amides is 1. The van der Waals surface area contributed by atoms with Crippen LogP contribution in [0.4, 0.5) is 5.69 Å². The van der Waals surface area contributed by atoms with E-state index in [-0.39, 0.29) is 18.4 Å². The molecule has 0 bridgehead atoms. The van der Waals surface area contributed by atoms with Crippen molar-refractivity contribution < 1.29 is 13.9 Å². The third-order valence-corrected chi connectivity index (χ3v) is 4.85. The van der Waals surface area contributed by atoms with Crippen LogP contribution in [0.3, 0.4) is 0 Å². The van der Waals surface area contributed by atoms with Crippen LogP contribution < -0.4 is 15.7 Å². The van der Waals surface area contributed by atoms with Crippen molar-refractivity contribution >= 4 is 45.1 Å². The Morgan fingerprint density at radius 3 is 2.48 bits per heavy atom. The molecule has 144 valence electrons. The lowest BCUT2D eigenvalue weighted by Crippen LogP contribution is -2.20. The normalized spacial score (nSPS) is 10.7. The molecule has 7 heteroatoms. The zero-order chi connectivity index (χ0) is 20.2. The second kappa shape index (κ2) is 8.44. The van der Waals surface area contributed by atoms with Crippen molar-refractivity contribution in [2.45, 2.75) is 0 Å². The number of carbonyl (C=O) groups excluding carboxylic acids is 1. The highest BCUT2D eigenvalue weighted by atomic mass is 127. The van der Waals surface area contributed by atoms with Crippen LogP contribution in [0.5, 0.6) is 5.75 Å². The predicted molar refractivity (Wildman–Crippen MR) is 119 cm³/mol. The summed E-state index contributed by atoms with van der Waals surface area (Å²) in [4.78, 5) is 28.6. The Labute approximate surface area is 179 Å². The van der Waals surface area contributed by atoms with Crippen molar-refractivity contribution in [3.63, 3.8) is 0 Å². The summed E-state index contributed by atoms with van der Waals surface area (Å²) in [6, 6.07) is 21.4. The van der Waals surface area contributed by atoms with Crippen LogP contribution in [0, 0.1) is 3.57 Å². The molecule has 1 N–H and O–H groups in total. The van der Waals surface area contributed by atoms with Crippen LogP contribution in [-0.4, -0.2) is 17.5 Å². The first-order valence-electron chi connectivity index (χ1n) is 8.77. The maximum Gasteiger partial charge on any atom is 0.347 e. The first-order chi connectivity index (χ1) is 14.1. The van der Waals surface area contributed by atoms with Gasteiger partial charge < -0.3 is 14.5 Å². The Morgan fingerprint density at radius 1 is 1.00 bits per heavy atom. The quantitative estimate of drug-likeness (QED) is 0.411. The summed E-state index contributed by atoms with van der Waals surface area (Å²) in [5.41, 5.74) is 1.38. The summed E-state index contributed by atoms with van der Waals surface area (Å²) in [7, 11) is 0. The lowest BCUT2D eigenvalue weighted by molar-refractivity contribution is -0.118. The van der Waals surface area contributed by atoms with E-state index in [9.17, 15) is 9.59 Å². The Bertz CT molecular complexity index is 1220. The number of fused-ring (bicyclic) bond motifs is 1. The van der Waals surface area contributed by atoms with Gasteiger partial charge in [0.1, 0.15) is 5.75 Å². The molecule has 0 saturated carbocycles. The molecule has 29 heavy (non-hydrogen) atoms. The molecule has 0 aliphatic carbocycles. The topological polar surface area (TPSA) is 81.4 Å². The van der Waals surface area contributed by atoms with Crippen LogP contribution in [-0.2, 0) is 4.79 Å². The maximum atomic E-state index is 12.1. The summed E-state index contributed by atoms with van der Waals surface area (Å²) in [6.45, 7) is -0.0938. The summed E-state index contributed by atoms with van der Waals surface area (Å²) in [5.74, 6) is 0.591. The van der Waals surface area contributed by atoms with Gasteiger partial charge in [0.25, 0.3) is 5.91 Å². The van der Waals surface area contributed by atoms with Gasteiger partial charge in [-0.15, -0.1) is 0 Å². The number of carbonyl (C=O) groups is 1. The maximum absolute atomic E-state index is 12.1. The van der Waals surface area contributed by atoms with Crippen LogP contribution in [0.25, 0.3) is 22.4 Å². The molecule has 0 aliphatic heterocycles. The van der Waals surface area contributed by atoms with E-state index in [1.807, 2.05) is 30.3 Å². The lowest BCUT2D eigenvalue weighted by atomic mass is 10.2. The van der Waals surface area contributed by atoms with Gasteiger partial charge in [-0.3, -0.25) is 4.79 Å². The average Bonchev–Trinajstić information content (AvgIpc) is 2.74. The van der Waals surface area contributed by atoms with E-state index in [0.717, 1.165) is 3.57 Å². The van der Waals surface area contributed by atoms with E-state index < -0.39 is 5.63 Å². The molecule has 4 aromatic rings. The molecule has 1 amide bonds. The summed E-state index contributed by atoms with van der Waals surface area (Å²) in [5, 5.41) is 3.20. The largest absolute Gasteiger partial charge is 0.484 e. The Kier molecular flexibility index (Phi) is 5.57. The monoisotopic (exact) mass is 498 g/mol. The standard InChI is InChI=1S/C22H15IN2O4/c23-15-7-11-17(12-8-15)28-13-20(26)24-16-9-5-14(6-10-16)21-25-19-4-2-1-3-18(19)22(27)29-21/h1-12H,13H2,(H,24,26). The number of hydrogen-bond donors (Lipinski definition) is 1. The molecular formula is C22H15IN2O4. The van der Waals surface area contributed by atoms with Crippen molar-refractivity contribution in [3.8, 4) is 17.2 Å². The Balaban J connectivity index is 1.43. The minimum absolute atomic E-state index is 0.0938. The van der Waals surface area contributed by atoms with Gasteiger partial charge in [0.2, 0.25) is 5.89 Å². The molecule has 3 aromatic carbocycles. The highest BCUT2D eigenvalue weighted by molar-refractivity contribution is 14.1. The highest BCUT2D eigenvalue weighted by Gasteiger charge is 2.09. The predicted octanol–water partition coefficient (Wildman–Crippen LogP) is 4.48. The number of nitrogens with one attached hydrogen (secondary N) is 1. The fraction of sp³-hybridized carbons (Fsp3) is 0.0455. The van der Waals surface area contributed by atoms with Crippen molar-refractivity contribution in [2.75, 3.05) is 11.9 Å². The van der Waals surface area contributed by atoms with Gasteiger partial charge in [-0.25, -0.2) is 9.78 Å². The number of rotatable bonds is 5. The van der Waals surface area contributed by atoms with E-state index in [1.165, 1.54) is 0 Å². The molecule has 0 unspecified atom stereocenters. The van der Waals surface area contributed by atoms with Gasteiger partial charge in [0.05, 0.1) is 10.9 Å². The third kappa shape index (κ3) is 4.62. The number of benzene rings is 3. The van der Waals surface area contributed by atoms with Crippen LogP contribution >= 0.6 is 22.6 Å². The van der Waals surface area contributed by atoms with Gasteiger partial charge >= 0.3 is 5.63 Å². The van der Waals surface area contributed by atoms with Crippen LogP contribution in [0.15, 0.2) is 82.0 Å². The SMILES string of the molecule is O=C(COc1ccc(I)cc1)Nc1ccc(-c2nc3ccccc3c(=O)o2)cc1. The minimum Gasteiger partial charge on any atom is -0.484 e. The summed E-state index contributed by atoms with van der Waals surface area (Å²) >= 11 is 2.20. The highest BCUT2D eigenvalue weighted by Crippen LogP contribution is 2.21. The molecule has 1 heterocycles. The number of anilines is 1. The summed E-state index contributed by atoms with van der Waals surface area (Å²) < 4.78 is 11.9. The van der Waals surface area contributed by atoms with Gasteiger partial charge in [0.15, 0.2) is 6.61 Å². The van der Waals surface area contributed by atoms with Crippen LogP contribution in [0.2, 0.25) is 0 Å². The Hall–Kier alpha value is -3.20. The van der Waals surface area contributed by atoms with Crippen molar-refractivity contribution in [2.24, 2.45) is 0 Å². The van der Waals surface area contributed by atoms with Crippen molar-refractivity contribution in [3.05, 3.63) is 86.8 Å². The molecule has 0 saturated heterocycles. The van der Waals surface area contributed by atoms with Crippen molar-refractivity contribution in [1.29, 1.82) is 0 Å². The average molecular weight is 498 g/mol. The number of halogens is 1. The number of hydrogen-bond acceptors (Lipinski definition) is 5. The molecule has 1 aromatic heterocycles. The molecule has 0 atom stereocenters. The fourth-order valence-corrected chi connectivity index (χ4v) is 3.07. The Morgan fingerprint density at radius 2 is 1.72 bits per heavy atom. The van der Waals surface area contributed by atoms with Crippen LogP contribution in [0.1, 0.15) is 0 Å². The second-order valence-corrected chi connectivity index (χ2v) is 7.44. The molecule has 0 radical (unpaired) electrons. The molecule has 0 aliphatic rings. The van der Waals surface area contributed by atoms with Gasteiger partial charge in [-0.05, 0) is 83.3 Å². The van der Waals surface area contributed by atoms with E-state index >= 15 is 0 Å². The van der Waals surface area contributed by atoms with Gasteiger partial charge in [-0.2, -0.15) is 0 Å². The van der Waals surface area contributed by atoms with Crippen molar-refractivity contribution in [1.82, 2.24) is 4.98 Å². The third-order valence-electron chi connectivity index (χ3n) is 4.13. The first-order valence-corrected chi connectivity index (χ1v) is 9.85. The number of para-hydroxylation sites is 1. The number of nitrogens with zero attached hydrogens (tertiary/aromatic N) is 1. The molecule has 6 nitrogen and oxygen atoms in total. The molecule has 0 fully saturated rings. The minimum atomic E-state index is -0.435. The van der Waals surface area contributed by atoms with E-state index in [4.69, 9.17) is 9.15 Å². The first kappa shape index (κ1) is 19.1. The number of aromatic nitrogens is 1. The van der Waals surface area contributed by atoms with E-state index in [1.54, 1.807) is 42.5 Å². The molecule has 4 rings (SSSR count).